The summed E-state index contributed by atoms with van der Waals surface area (Å²) in [5, 5.41) is 11.8. The number of carbonyl (C=O) groups excluding carboxylic acids is 1. The molecule has 94 valence electrons. The number of fused-ring (bicyclic) bond motifs is 2. The second kappa shape index (κ2) is 4.24. The highest BCUT2D eigenvalue weighted by molar-refractivity contribution is 5.86. The van der Waals surface area contributed by atoms with Crippen molar-refractivity contribution < 1.29 is 10.0 Å². The highest BCUT2D eigenvalue weighted by Gasteiger charge is 2.09. The highest BCUT2D eigenvalue weighted by atomic mass is 16.5. The Kier molecular flexibility index (Phi) is 2.56. The Labute approximate surface area is 109 Å². The van der Waals surface area contributed by atoms with E-state index in [1.165, 1.54) is 6.92 Å². The Morgan fingerprint density at radius 2 is 1.95 bits per heavy atom. The molecule has 0 fully saturated rings. The monoisotopic (exact) mass is 252 g/mol. The lowest BCUT2D eigenvalue weighted by Gasteiger charge is -2.13. The Balaban J connectivity index is 2.40. The maximum absolute atomic E-state index is 11.0. The van der Waals surface area contributed by atoms with Crippen molar-refractivity contribution in [3.63, 3.8) is 0 Å². The van der Waals surface area contributed by atoms with Crippen molar-refractivity contribution >= 4 is 16.8 Å². The van der Waals surface area contributed by atoms with Crippen LogP contribution in [0.15, 0.2) is 53.5 Å². The molecule has 1 N–H and O–H groups in total. The van der Waals surface area contributed by atoms with Crippen molar-refractivity contribution in [2.75, 3.05) is 0 Å². The summed E-state index contributed by atoms with van der Waals surface area (Å²) in [7, 11) is 0. The standard InChI is InChI=1S/C15H12N2O2/c1-10(18)16-13-7-6-12-8-11-4-2-3-5-14(11)17(19)15(12)9-13/h2-9,19H,1H3. The van der Waals surface area contributed by atoms with Gasteiger partial charge >= 0.3 is 0 Å². The molecule has 0 saturated carbocycles. The van der Waals surface area contributed by atoms with E-state index in [1.54, 1.807) is 12.1 Å². The number of benzene rings is 2. The number of rotatable bonds is 0. The molecule has 2 aliphatic rings. The second-order valence-corrected chi connectivity index (χ2v) is 4.39. The van der Waals surface area contributed by atoms with E-state index in [0.717, 1.165) is 21.2 Å². The Hall–Kier alpha value is -2.62. The van der Waals surface area contributed by atoms with Gasteiger partial charge in [-0.2, -0.15) is 4.73 Å². The second-order valence-electron chi connectivity index (χ2n) is 4.39. The molecule has 4 nitrogen and oxygen atoms in total. The summed E-state index contributed by atoms with van der Waals surface area (Å²) in [6.07, 6.45) is 0. The molecular weight excluding hydrogens is 240 g/mol. The van der Waals surface area contributed by atoms with Gasteiger partial charge in [-0.15, -0.1) is 0 Å². The molecule has 0 spiro atoms. The van der Waals surface area contributed by atoms with Gasteiger partial charge in [0.2, 0.25) is 5.91 Å². The topological polar surface area (TPSA) is 54.6 Å². The Morgan fingerprint density at radius 3 is 2.74 bits per heavy atom. The van der Waals surface area contributed by atoms with Crippen LogP contribution in [0.3, 0.4) is 0 Å². The average Bonchev–Trinajstić information content (AvgIpc) is 2.39. The Bertz CT molecular complexity index is 818. The fourth-order valence-corrected chi connectivity index (χ4v) is 2.19. The van der Waals surface area contributed by atoms with E-state index in [2.05, 4.69) is 4.99 Å². The van der Waals surface area contributed by atoms with Crippen LogP contribution in [0.5, 0.6) is 0 Å². The van der Waals surface area contributed by atoms with Crippen LogP contribution in [-0.2, 0) is 4.79 Å². The molecule has 1 aliphatic carbocycles. The van der Waals surface area contributed by atoms with Gasteiger partial charge in [-0.3, -0.25) is 4.79 Å². The van der Waals surface area contributed by atoms with Gasteiger partial charge < -0.3 is 5.21 Å². The van der Waals surface area contributed by atoms with Gasteiger partial charge in [0, 0.05) is 17.9 Å². The molecule has 3 rings (SSSR count). The zero-order valence-electron chi connectivity index (χ0n) is 10.4. The molecule has 1 aromatic rings. The van der Waals surface area contributed by atoms with Crippen LogP contribution in [0.1, 0.15) is 6.92 Å². The lowest BCUT2D eigenvalue weighted by atomic mass is 10.1. The summed E-state index contributed by atoms with van der Waals surface area (Å²) in [6, 6.07) is 14.9. The van der Waals surface area contributed by atoms with Crippen LogP contribution in [0.4, 0.5) is 0 Å². The van der Waals surface area contributed by atoms with Gasteiger partial charge in [0.05, 0.1) is 16.6 Å². The molecule has 1 amide bonds. The third kappa shape index (κ3) is 1.97. The minimum absolute atomic E-state index is 0.260. The molecule has 4 heteroatoms. The lowest BCUT2D eigenvalue weighted by molar-refractivity contribution is -0.116. The zero-order chi connectivity index (χ0) is 13.4. The smallest absolute Gasteiger partial charge is 0.243 e. The van der Waals surface area contributed by atoms with Gasteiger partial charge in [-0.25, -0.2) is 4.99 Å². The summed E-state index contributed by atoms with van der Waals surface area (Å²) < 4.78 is 1.13. The minimum atomic E-state index is -0.260. The number of pyridine rings is 1. The van der Waals surface area contributed by atoms with Crippen molar-refractivity contribution in [2.24, 2.45) is 4.99 Å². The van der Waals surface area contributed by atoms with Gasteiger partial charge in [0.1, 0.15) is 0 Å². The largest absolute Gasteiger partial charge is 0.428 e. The van der Waals surface area contributed by atoms with E-state index in [9.17, 15) is 10.0 Å². The summed E-state index contributed by atoms with van der Waals surface area (Å²) in [5.74, 6) is -0.260. The minimum Gasteiger partial charge on any atom is -0.428 e. The first-order chi connectivity index (χ1) is 9.15. The summed E-state index contributed by atoms with van der Waals surface area (Å²) in [6.45, 7) is 1.40. The van der Waals surface area contributed by atoms with E-state index < -0.39 is 0 Å². The van der Waals surface area contributed by atoms with E-state index in [4.69, 9.17) is 0 Å². The maximum atomic E-state index is 11.0. The van der Waals surface area contributed by atoms with Crippen molar-refractivity contribution in [3.05, 3.63) is 53.9 Å². The number of hydrogen-bond donors (Lipinski definition) is 1. The SMILES string of the molecule is CC(=O)N=c1ccc2cc3ccccc3n(O)c-2c1. The molecular formula is C15H12N2O2. The first-order valence-corrected chi connectivity index (χ1v) is 5.94. The van der Waals surface area contributed by atoms with Gasteiger partial charge in [-0.05, 0) is 24.3 Å². The molecule has 0 bridgehead atoms. The van der Waals surface area contributed by atoms with Crippen LogP contribution in [0.2, 0.25) is 0 Å². The van der Waals surface area contributed by atoms with Gasteiger partial charge in [0.15, 0.2) is 0 Å². The van der Waals surface area contributed by atoms with Gasteiger partial charge in [0.25, 0.3) is 0 Å². The summed E-state index contributed by atoms with van der Waals surface area (Å²) in [5.41, 5.74) is 2.24. The number of aromatic nitrogens is 1. The third-order valence-corrected chi connectivity index (χ3v) is 3.00. The van der Waals surface area contributed by atoms with Crippen LogP contribution in [0.25, 0.3) is 22.2 Å². The normalized spacial score (nSPS) is 12.2. The molecule has 0 aromatic heterocycles. The van der Waals surface area contributed by atoms with Crippen molar-refractivity contribution in [3.8, 4) is 11.3 Å². The van der Waals surface area contributed by atoms with Crippen LogP contribution >= 0.6 is 0 Å². The number of para-hydroxylation sites is 1. The van der Waals surface area contributed by atoms with E-state index in [-0.39, 0.29) is 5.91 Å². The number of carbonyl (C=O) groups is 1. The average molecular weight is 252 g/mol. The fraction of sp³-hybridized carbons (Fsp3) is 0.0667. The first kappa shape index (κ1) is 11.5. The summed E-state index contributed by atoms with van der Waals surface area (Å²) >= 11 is 0. The van der Waals surface area contributed by atoms with Crippen molar-refractivity contribution in [2.45, 2.75) is 6.92 Å². The number of hydrogen-bond acceptors (Lipinski definition) is 2. The predicted octanol–water partition coefficient (Wildman–Crippen LogP) is 2.43. The van der Waals surface area contributed by atoms with Gasteiger partial charge in [-0.1, -0.05) is 24.3 Å². The third-order valence-electron chi connectivity index (χ3n) is 3.00. The lowest BCUT2D eigenvalue weighted by Crippen LogP contribution is -2.09. The van der Waals surface area contributed by atoms with Crippen LogP contribution in [-0.4, -0.2) is 15.8 Å². The number of nitrogens with zero attached hydrogens (tertiary/aromatic N) is 2. The van der Waals surface area contributed by atoms with E-state index >= 15 is 0 Å². The quantitative estimate of drug-likeness (QED) is 0.493. The van der Waals surface area contributed by atoms with E-state index in [1.807, 2.05) is 36.4 Å². The first-order valence-electron chi connectivity index (χ1n) is 5.94. The van der Waals surface area contributed by atoms with Crippen LogP contribution < -0.4 is 5.36 Å². The van der Waals surface area contributed by atoms with E-state index in [0.29, 0.717) is 11.1 Å². The molecule has 1 aromatic carbocycles. The van der Waals surface area contributed by atoms with Crippen LogP contribution in [0, 0.1) is 0 Å². The van der Waals surface area contributed by atoms with Crippen molar-refractivity contribution in [1.29, 1.82) is 0 Å². The Morgan fingerprint density at radius 1 is 1.16 bits per heavy atom. The predicted molar refractivity (Wildman–Crippen MR) is 72.0 cm³/mol. The summed E-state index contributed by atoms with van der Waals surface area (Å²) in [4.78, 5) is 14.9. The number of amides is 1. The zero-order valence-corrected chi connectivity index (χ0v) is 10.4. The molecule has 0 saturated heterocycles. The highest BCUT2D eigenvalue weighted by Crippen LogP contribution is 2.25. The van der Waals surface area contributed by atoms with Crippen molar-refractivity contribution in [1.82, 2.24) is 4.73 Å². The fourth-order valence-electron chi connectivity index (χ4n) is 2.19. The molecule has 19 heavy (non-hydrogen) atoms. The molecule has 0 atom stereocenters. The molecule has 0 unspecified atom stereocenters. The molecule has 1 heterocycles. The molecule has 0 radical (unpaired) electrons. The maximum Gasteiger partial charge on any atom is 0.243 e. The molecule has 1 aliphatic heterocycles.